The Balaban J connectivity index is 2.24. The molecule has 0 spiro atoms. The molecule has 0 saturated carbocycles. The van der Waals surface area contributed by atoms with E-state index in [1.807, 2.05) is 36.4 Å². The van der Waals surface area contributed by atoms with E-state index in [4.69, 9.17) is 9.15 Å². The van der Waals surface area contributed by atoms with Crippen molar-refractivity contribution in [2.45, 2.75) is 0 Å². The van der Waals surface area contributed by atoms with Crippen LogP contribution in [0, 0.1) is 0 Å². The van der Waals surface area contributed by atoms with Gasteiger partial charge < -0.3 is 9.15 Å². The van der Waals surface area contributed by atoms with Crippen molar-refractivity contribution < 1.29 is 17.6 Å². The van der Waals surface area contributed by atoms with Gasteiger partial charge in [0.1, 0.15) is 0 Å². The second kappa shape index (κ2) is 6.37. The van der Waals surface area contributed by atoms with E-state index < -0.39 is 10.0 Å². The molecule has 0 atom stereocenters. The summed E-state index contributed by atoms with van der Waals surface area (Å²) in [6.07, 6.45) is 1.11. The molecule has 0 fully saturated rings. The predicted molar refractivity (Wildman–Crippen MR) is 91.9 cm³/mol. The van der Waals surface area contributed by atoms with Crippen molar-refractivity contribution in [1.29, 1.82) is 0 Å². The quantitative estimate of drug-likeness (QED) is 0.709. The summed E-state index contributed by atoms with van der Waals surface area (Å²) in [5.74, 6) is 0.480. The molecular weight excluding hydrogens is 328 g/mol. The van der Waals surface area contributed by atoms with Crippen LogP contribution in [0.5, 0.6) is 6.08 Å². The molecule has 0 aliphatic heterocycles. The monoisotopic (exact) mass is 344 g/mol. The first-order chi connectivity index (χ1) is 11.5. The molecule has 7 heteroatoms. The number of ether oxygens (including phenoxy) is 1. The highest BCUT2D eigenvalue weighted by atomic mass is 32.2. The Morgan fingerprint density at radius 1 is 1.00 bits per heavy atom. The van der Waals surface area contributed by atoms with Crippen molar-refractivity contribution >= 4 is 21.5 Å². The number of aromatic nitrogens is 1. The zero-order valence-corrected chi connectivity index (χ0v) is 14.0. The van der Waals surface area contributed by atoms with Crippen LogP contribution >= 0.6 is 0 Å². The summed E-state index contributed by atoms with van der Waals surface area (Å²) in [6, 6.07) is 17.9. The Labute approximate surface area is 140 Å². The van der Waals surface area contributed by atoms with Gasteiger partial charge in [0.15, 0.2) is 11.6 Å². The van der Waals surface area contributed by atoms with Gasteiger partial charge in [-0.05, 0) is 12.1 Å². The van der Waals surface area contributed by atoms with E-state index in [9.17, 15) is 8.42 Å². The lowest BCUT2D eigenvalue weighted by atomic mass is 10.2. The number of oxazole rings is 1. The molecule has 0 aliphatic carbocycles. The van der Waals surface area contributed by atoms with Crippen molar-refractivity contribution in [2.75, 3.05) is 17.7 Å². The average Bonchev–Trinajstić information content (AvgIpc) is 2.99. The van der Waals surface area contributed by atoms with E-state index in [0.29, 0.717) is 17.0 Å². The van der Waals surface area contributed by atoms with Crippen LogP contribution in [0.3, 0.4) is 0 Å². The molecule has 124 valence electrons. The van der Waals surface area contributed by atoms with Crippen molar-refractivity contribution in [3.63, 3.8) is 0 Å². The Bertz CT molecular complexity index is 922. The molecule has 0 amide bonds. The van der Waals surface area contributed by atoms with Gasteiger partial charge in [-0.2, -0.15) is 4.98 Å². The van der Waals surface area contributed by atoms with E-state index in [1.165, 1.54) is 7.11 Å². The maximum absolute atomic E-state index is 12.4. The number of para-hydroxylation sites is 1. The molecule has 1 aromatic heterocycles. The lowest BCUT2D eigenvalue weighted by Crippen LogP contribution is -2.25. The minimum Gasteiger partial charge on any atom is -0.453 e. The molecule has 0 unspecified atom stereocenters. The van der Waals surface area contributed by atoms with Crippen molar-refractivity contribution in [3.05, 3.63) is 60.7 Å². The highest BCUT2D eigenvalue weighted by Crippen LogP contribution is 2.38. The van der Waals surface area contributed by atoms with Crippen molar-refractivity contribution in [2.24, 2.45) is 0 Å². The largest absolute Gasteiger partial charge is 0.453 e. The van der Waals surface area contributed by atoms with Crippen molar-refractivity contribution in [3.8, 4) is 17.4 Å². The van der Waals surface area contributed by atoms with Crippen LogP contribution in [0.25, 0.3) is 11.3 Å². The molecule has 24 heavy (non-hydrogen) atoms. The molecule has 0 saturated heterocycles. The summed E-state index contributed by atoms with van der Waals surface area (Å²) in [4.78, 5) is 4.21. The molecule has 3 aromatic rings. The third kappa shape index (κ3) is 3.11. The summed E-state index contributed by atoms with van der Waals surface area (Å²) in [7, 11) is -2.23. The molecule has 1 heterocycles. The normalized spacial score (nSPS) is 11.2. The maximum Gasteiger partial charge on any atom is 0.395 e. The fourth-order valence-electron chi connectivity index (χ4n) is 2.33. The fourth-order valence-corrected chi connectivity index (χ4v) is 3.27. The van der Waals surface area contributed by atoms with Gasteiger partial charge >= 0.3 is 6.08 Å². The predicted octanol–water partition coefficient (Wildman–Crippen LogP) is 3.45. The van der Waals surface area contributed by atoms with Gasteiger partial charge in [-0.25, -0.2) is 12.7 Å². The molecule has 0 N–H and O–H groups in total. The molecular formula is C17H16N2O4S. The number of methoxy groups -OCH3 is 1. The lowest BCUT2D eigenvalue weighted by molar-refractivity contribution is 0.293. The zero-order valence-electron chi connectivity index (χ0n) is 13.2. The number of nitrogens with zero attached hydrogens (tertiary/aromatic N) is 2. The third-order valence-electron chi connectivity index (χ3n) is 3.31. The molecule has 3 rings (SSSR count). The van der Waals surface area contributed by atoms with Gasteiger partial charge in [0, 0.05) is 5.56 Å². The minimum atomic E-state index is -3.64. The Morgan fingerprint density at radius 3 is 2.12 bits per heavy atom. The first kappa shape index (κ1) is 16.1. The number of hydrogen-bond donors (Lipinski definition) is 0. The smallest absolute Gasteiger partial charge is 0.395 e. The molecule has 6 nitrogen and oxygen atoms in total. The van der Waals surface area contributed by atoms with E-state index in [-0.39, 0.29) is 11.9 Å². The van der Waals surface area contributed by atoms with E-state index in [1.54, 1.807) is 24.3 Å². The highest BCUT2D eigenvalue weighted by Gasteiger charge is 2.28. The third-order valence-corrected chi connectivity index (χ3v) is 4.36. The van der Waals surface area contributed by atoms with Gasteiger partial charge in [0.2, 0.25) is 10.0 Å². The second-order valence-corrected chi connectivity index (χ2v) is 6.90. The summed E-state index contributed by atoms with van der Waals surface area (Å²) < 4.78 is 36.6. The zero-order chi connectivity index (χ0) is 17.2. The number of anilines is 2. The summed E-state index contributed by atoms with van der Waals surface area (Å²) >= 11 is 0. The number of rotatable bonds is 5. The van der Waals surface area contributed by atoms with Crippen LogP contribution in [0.2, 0.25) is 0 Å². The number of sulfonamides is 1. The van der Waals surface area contributed by atoms with Crippen LogP contribution in [0.1, 0.15) is 0 Å². The first-order valence-corrected chi connectivity index (χ1v) is 9.01. The fraction of sp³-hybridized carbons (Fsp3) is 0.118. The first-order valence-electron chi connectivity index (χ1n) is 7.16. The number of benzene rings is 2. The highest BCUT2D eigenvalue weighted by molar-refractivity contribution is 7.92. The Kier molecular flexibility index (Phi) is 4.26. The van der Waals surface area contributed by atoms with Crippen LogP contribution in [-0.4, -0.2) is 26.8 Å². The Morgan fingerprint density at radius 2 is 1.58 bits per heavy atom. The second-order valence-electron chi connectivity index (χ2n) is 5.07. The summed E-state index contributed by atoms with van der Waals surface area (Å²) in [6.45, 7) is 0. The van der Waals surface area contributed by atoms with Crippen molar-refractivity contribution in [1.82, 2.24) is 4.98 Å². The molecule has 0 radical (unpaired) electrons. The topological polar surface area (TPSA) is 72.6 Å². The maximum atomic E-state index is 12.4. The average molecular weight is 344 g/mol. The number of hydrogen-bond acceptors (Lipinski definition) is 5. The van der Waals surface area contributed by atoms with E-state index in [0.717, 1.165) is 10.6 Å². The summed E-state index contributed by atoms with van der Waals surface area (Å²) in [5.41, 5.74) is 1.17. The molecule has 0 bridgehead atoms. The van der Waals surface area contributed by atoms with Gasteiger partial charge in [0.25, 0.3) is 0 Å². The Hall–Kier alpha value is -2.80. The van der Waals surface area contributed by atoms with Gasteiger partial charge in [0.05, 0.1) is 19.1 Å². The van der Waals surface area contributed by atoms with E-state index >= 15 is 0 Å². The van der Waals surface area contributed by atoms with Gasteiger partial charge in [-0.15, -0.1) is 0 Å². The van der Waals surface area contributed by atoms with Gasteiger partial charge in [-0.3, -0.25) is 0 Å². The van der Waals surface area contributed by atoms with Crippen LogP contribution in [-0.2, 0) is 10.0 Å². The molecule has 0 aliphatic rings. The summed E-state index contributed by atoms with van der Waals surface area (Å²) in [5, 5.41) is 0. The SMILES string of the molecule is COc1nc(N(c2ccccc2)S(C)(=O)=O)c(-c2ccccc2)o1. The molecule has 2 aromatic carbocycles. The van der Waals surface area contributed by atoms with Crippen LogP contribution in [0.4, 0.5) is 11.5 Å². The lowest BCUT2D eigenvalue weighted by Gasteiger charge is -2.20. The van der Waals surface area contributed by atoms with Crippen LogP contribution < -0.4 is 9.04 Å². The van der Waals surface area contributed by atoms with Crippen LogP contribution in [0.15, 0.2) is 65.1 Å². The van der Waals surface area contributed by atoms with E-state index in [2.05, 4.69) is 4.98 Å². The van der Waals surface area contributed by atoms with Gasteiger partial charge in [-0.1, -0.05) is 48.5 Å². The minimum absolute atomic E-state index is 0.00608. The standard InChI is InChI=1S/C17H16N2O4S/c1-22-17-18-16(15(23-17)13-9-5-3-6-10-13)19(24(2,20)21)14-11-7-4-8-12-14/h3-12H,1-2H3.